The lowest BCUT2D eigenvalue weighted by Crippen LogP contribution is -1.98. The van der Waals surface area contributed by atoms with Gasteiger partial charge in [-0.3, -0.25) is 9.20 Å². The molecular weight excluding hydrogens is 312 g/mol. The summed E-state index contributed by atoms with van der Waals surface area (Å²) in [5.74, 6) is 0.629. The number of nitrogens with zero attached hydrogens (tertiary/aromatic N) is 4. The van der Waals surface area contributed by atoms with Crippen LogP contribution in [0.15, 0.2) is 42.5 Å². The molecule has 0 aliphatic heterocycles. The average molecular weight is 323 g/mol. The Morgan fingerprint density at radius 1 is 1.13 bits per heavy atom. The zero-order valence-electron chi connectivity index (χ0n) is 12.2. The van der Waals surface area contributed by atoms with Gasteiger partial charge in [0.1, 0.15) is 6.29 Å². The third kappa shape index (κ3) is 2.09. The number of fused-ring (bicyclic) bond motifs is 3. The summed E-state index contributed by atoms with van der Waals surface area (Å²) in [6.45, 7) is 1.88. The number of halogens is 1. The minimum absolute atomic E-state index is 0.572. The van der Waals surface area contributed by atoms with Gasteiger partial charge in [0.2, 0.25) is 0 Å². The molecule has 0 unspecified atom stereocenters. The summed E-state index contributed by atoms with van der Waals surface area (Å²) in [5.41, 5.74) is 4.31. The molecular formula is C17H11ClN4O. The van der Waals surface area contributed by atoms with Crippen molar-refractivity contribution in [1.82, 2.24) is 19.6 Å². The first-order valence-corrected chi connectivity index (χ1v) is 7.42. The smallest absolute Gasteiger partial charge is 0.183 e. The number of benzene rings is 2. The van der Waals surface area contributed by atoms with Crippen molar-refractivity contribution in [3.63, 3.8) is 0 Å². The van der Waals surface area contributed by atoms with Gasteiger partial charge in [-0.15, -0.1) is 10.2 Å². The highest BCUT2D eigenvalue weighted by Crippen LogP contribution is 2.29. The Morgan fingerprint density at radius 3 is 2.74 bits per heavy atom. The molecule has 0 radical (unpaired) electrons. The largest absolute Gasteiger partial charge is 0.298 e. The Hall–Kier alpha value is -2.79. The number of aldehydes is 1. The van der Waals surface area contributed by atoms with E-state index < -0.39 is 0 Å². The van der Waals surface area contributed by atoms with Gasteiger partial charge in [-0.25, -0.2) is 4.98 Å². The molecule has 0 bridgehead atoms. The summed E-state index contributed by atoms with van der Waals surface area (Å²) in [5, 5.41) is 9.13. The number of aromatic nitrogens is 4. The molecule has 23 heavy (non-hydrogen) atoms. The minimum atomic E-state index is 0.572. The van der Waals surface area contributed by atoms with Crippen molar-refractivity contribution in [3.8, 4) is 11.4 Å². The molecule has 0 saturated heterocycles. The predicted octanol–water partition coefficient (Wildman–Crippen LogP) is 3.72. The van der Waals surface area contributed by atoms with Gasteiger partial charge in [-0.2, -0.15) is 0 Å². The zero-order chi connectivity index (χ0) is 16.0. The average Bonchev–Trinajstić information content (AvgIpc) is 3.01. The first kappa shape index (κ1) is 13.8. The van der Waals surface area contributed by atoms with Crippen LogP contribution < -0.4 is 0 Å². The van der Waals surface area contributed by atoms with E-state index in [1.165, 1.54) is 0 Å². The van der Waals surface area contributed by atoms with Crippen LogP contribution in [0.5, 0.6) is 0 Å². The minimum Gasteiger partial charge on any atom is -0.298 e. The van der Waals surface area contributed by atoms with E-state index >= 15 is 0 Å². The van der Waals surface area contributed by atoms with Crippen LogP contribution in [-0.4, -0.2) is 25.9 Å². The van der Waals surface area contributed by atoms with Crippen molar-refractivity contribution in [2.45, 2.75) is 6.92 Å². The van der Waals surface area contributed by atoms with Crippen LogP contribution in [0.4, 0.5) is 0 Å². The third-order valence-corrected chi connectivity index (χ3v) is 4.10. The van der Waals surface area contributed by atoms with E-state index in [4.69, 9.17) is 11.6 Å². The first-order chi connectivity index (χ1) is 11.2. The van der Waals surface area contributed by atoms with Gasteiger partial charge in [-0.1, -0.05) is 23.7 Å². The summed E-state index contributed by atoms with van der Waals surface area (Å²) in [6, 6.07) is 12.8. The van der Waals surface area contributed by atoms with Gasteiger partial charge >= 0.3 is 0 Å². The molecule has 0 amide bonds. The molecule has 0 aliphatic carbocycles. The quantitative estimate of drug-likeness (QED) is 0.528. The molecule has 4 rings (SSSR count). The van der Waals surface area contributed by atoms with Crippen LogP contribution in [0.25, 0.3) is 28.1 Å². The van der Waals surface area contributed by atoms with Gasteiger partial charge < -0.3 is 0 Å². The molecule has 2 aromatic carbocycles. The van der Waals surface area contributed by atoms with Crippen molar-refractivity contribution >= 4 is 34.6 Å². The van der Waals surface area contributed by atoms with Gasteiger partial charge in [0, 0.05) is 11.1 Å². The standard InChI is InChI=1S/C17H11ClN4O/c1-10-16-20-21-17(12-4-2-3-5-13(12)18)22(16)15-8-11(9-23)6-7-14(15)19-10/h2-9H,1H3. The number of carbonyl (C=O) groups excluding carboxylic acids is 1. The second-order valence-corrected chi connectivity index (χ2v) is 5.63. The highest BCUT2D eigenvalue weighted by molar-refractivity contribution is 6.33. The monoisotopic (exact) mass is 322 g/mol. The summed E-state index contributed by atoms with van der Waals surface area (Å²) >= 11 is 6.31. The lowest BCUT2D eigenvalue weighted by Gasteiger charge is -2.08. The number of hydrogen-bond acceptors (Lipinski definition) is 4. The van der Waals surface area contributed by atoms with Gasteiger partial charge in [0.05, 0.1) is 21.7 Å². The van der Waals surface area contributed by atoms with Crippen molar-refractivity contribution in [2.75, 3.05) is 0 Å². The van der Waals surface area contributed by atoms with Gasteiger partial charge in [0.25, 0.3) is 0 Å². The number of hydrogen-bond donors (Lipinski definition) is 0. The molecule has 0 atom stereocenters. The Morgan fingerprint density at radius 2 is 1.96 bits per heavy atom. The molecule has 112 valence electrons. The Bertz CT molecular complexity index is 1070. The molecule has 2 aromatic heterocycles. The number of aryl methyl sites for hydroxylation is 1. The number of rotatable bonds is 2. The van der Waals surface area contributed by atoms with E-state index in [2.05, 4.69) is 15.2 Å². The van der Waals surface area contributed by atoms with E-state index in [0.29, 0.717) is 22.1 Å². The van der Waals surface area contributed by atoms with Gasteiger partial charge in [0.15, 0.2) is 11.5 Å². The van der Waals surface area contributed by atoms with E-state index in [-0.39, 0.29) is 0 Å². The molecule has 5 nitrogen and oxygen atoms in total. The highest BCUT2D eigenvalue weighted by Gasteiger charge is 2.16. The maximum atomic E-state index is 11.1. The Kier molecular flexibility index (Phi) is 3.09. The molecule has 4 aromatic rings. The molecule has 0 saturated carbocycles. The Balaban J connectivity index is 2.18. The fraction of sp³-hybridized carbons (Fsp3) is 0.0588. The van der Waals surface area contributed by atoms with Crippen molar-refractivity contribution < 1.29 is 4.79 Å². The maximum absolute atomic E-state index is 11.1. The molecule has 6 heteroatoms. The van der Waals surface area contributed by atoms with Gasteiger partial charge in [-0.05, 0) is 37.3 Å². The van der Waals surface area contributed by atoms with Crippen LogP contribution >= 0.6 is 11.6 Å². The third-order valence-electron chi connectivity index (χ3n) is 3.77. The molecule has 2 heterocycles. The first-order valence-electron chi connectivity index (χ1n) is 7.04. The van der Waals surface area contributed by atoms with Crippen molar-refractivity contribution in [3.05, 3.63) is 58.7 Å². The van der Waals surface area contributed by atoms with E-state index in [1.807, 2.05) is 41.7 Å². The topological polar surface area (TPSA) is 60.2 Å². The summed E-state index contributed by atoms with van der Waals surface area (Å²) in [6.07, 6.45) is 0.810. The maximum Gasteiger partial charge on any atom is 0.183 e. The molecule has 0 aliphatic rings. The molecule has 0 fully saturated rings. The van der Waals surface area contributed by atoms with Crippen LogP contribution in [-0.2, 0) is 0 Å². The summed E-state index contributed by atoms with van der Waals surface area (Å²) in [4.78, 5) is 15.7. The fourth-order valence-electron chi connectivity index (χ4n) is 2.68. The van der Waals surface area contributed by atoms with Crippen LogP contribution in [0.1, 0.15) is 16.1 Å². The van der Waals surface area contributed by atoms with Crippen molar-refractivity contribution in [2.24, 2.45) is 0 Å². The van der Waals surface area contributed by atoms with Crippen LogP contribution in [0, 0.1) is 6.92 Å². The number of carbonyl (C=O) groups is 1. The lowest BCUT2D eigenvalue weighted by atomic mass is 10.2. The van der Waals surface area contributed by atoms with E-state index in [0.717, 1.165) is 28.6 Å². The second-order valence-electron chi connectivity index (χ2n) is 5.23. The van der Waals surface area contributed by atoms with Crippen LogP contribution in [0.2, 0.25) is 5.02 Å². The summed E-state index contributed by atoms with van der Waals surface area (Å²) in [7, 11) is 0. The predicted molar refractivity (Wildman–Crippen MR) is 88.9 cm³/mol. The molecule has 0 N–H and O–H groups in total. The fourth-order valence-corrected chi connectivity index (χ4v) is 2.90. The summed E-state index contributed by atoms with van der Waals surface area (Å²) < 4.78 is 1.89. The van der Waals surface area contributed by atoms with Crippen LogP contribution in [0.3, 0.4) is 0 Å². The highest BCUT2D eigenvalue weighted by atomic mass is 35.5. The van der Waals surface area contributed by atoms with E-state index in [9.17, 15) is 4.79 Å². The molecule has 0 spiro atoms. The van der Waals surface area contributed by atoms with Crippen molar-refractivity contribution in [1.29, 1.82) is 0 Å². The Labute approximate surface area is 136 Å². The second kappa shape index (κ2) is 5.14. The normalized spacial score (nSPS) is 11.2. The van der Waals surface area contributed by atoms with E-state index in [1.54, 1.807) is 12.1 Å². The lowest BCUT2D eigenvalue weighted by molar-refractivity contribution is 0.112. The zero-order valence-corrected chi connectivity index (χ0v) is 12.9. The SMILES string of the molecule is Cc1nc2ccc(C=O)cc2n2c(-c3ccccc3Cl)nnc12.